The Kier molecular flexibility index (Phi) is 22.3. The monoisotopic (exact) mass is 854 g/mol. The number of rotatable bonds is 29. The van der Waals surface area contributed by atoms with Gasteiger partial charge in [-0.25, -0.2) is 0 Å². The number of hydrogen-bond acceptors (Lipinski definition) is 8. The van der Waals surface area contributed by atoms with Gasteiger partial charge in [0.2, 0.25) is 0 Å². The van der Waals surface area contributed by atoms with Gasteiger partial charge in [0.15, 0.2) is 0 Å². The summed E-state index contributed by atoms with van der Waals surface area (Å²) in [5, 5.41) is 1.47. The van der Waals surface area contributed by atoms with Gasteiger partial charge in [0.05, 0.1) is 0 Å². The van der Waals surface area contributed by atoms with E-state index in [2.05, 4.69) is 61.5 Å². The van der Waals surface area contributed by atoms with Gasteiger partial charge in [-0.15, -0.1) is 0 Å². The molecule has 48 heavy (non-hydrogen) atoms. The fourth-order valence-electron chi connectivity index (χ4n) is 5.89. The fourth-order valence-corrected chi connectivity index (χ4v) is 34.8. The quantitative estimate of drug-likeness (QED) is 0.0461. The molecule has 2 heterocycles. The van der Waals surface area contributed by atoms with Crippen molar-refractivity contribution in [2.45, 2.75) is 159 Å². The second-order valence-corrected chi connectivity index (χ2v) is 33.6. The van der Waals surface area contributed by atoms with Crippen molar-refractivity contribution in [3.8, 4) is 9.75 Å². The molecule has 0 atom stereocenters. The summed E-state index contributed by atoms with van der Waals surface area (Å²) in [6.07, 6.45) is 14.2. The molecule has 0 aliphatic heterocycles. The van der Waals surface area contributed by atoms with Crippen molar-refractivity contribution < 1.29 is 27.2 Å². The van der Waals surface area contributed by atoms with Crippen LogP contribution < -0.4 is 13.5 Å². The summed E-state index contributed by atoms with van der Waals surface area (Å²) in [5.74, 6) is 0. The van der Waals surface area contributed by atoms with Crippen molar-refractivity contribution in [2.75, 3.05) is 26.4 Å². The molecular weight excluding hydrogens is 785 g/mol. The van der Waals surface area contributed by atoms with Gasteiger partial charge in [0, 0.05) is 0 Å². The fraction of sp³-hybridized carbons (Fsp3) is 0.784. The first-order chi connectivity index (χ1) is 23.1. The van der Waals surface area contributed by atoms with Crippen LogP contribution in [0, 0.1) is 6.92 Å². The molecule has 0 saturated carbocycles. The number of aryl methyl sites for hydroxylation is 1. The van der Waals surface area contributed by atoms with Gasteiger partial charge < -0.3 is 0 Å². The van der Waals surface area contributed by atoms with Crippen LogP contribution in [0.3, 0.4) is 0 Å². The van der Waals surface area contributed by atoms with E-state index < -0.39 is 33.6 Å². The first kappa shape index (κ1) is 44.7. The van der Waals surface area contributed by atoms with Crippen molar-refractivity contribution in [1.29, 1.82) is 0 Å². The van der Waals surface area contributed by atoms with Crippen LogP contribution >= 0.6 is 37.9 Å². The molecule has 2 rings (SSSR count). The molecular formula is C37H68O6P2S2Sn. The summed E-state index contributed by atoms with van der Waals surface area (Å²) in [4.78, 5) is 3.00. The van der Waals surface area contributed by atoms with E-state index in [1.807, 2.05) is 17.4 Å². The minimum atomic E-state index is -3.62. The average molecular weight is 854 g/mol. The van der Waals surface area contributed by atoms with Gasteiger partial charge in [-0.05, 0) is 0 Å². The van der Waals surface area contributed by atoms with Crippen LogP contribution in [0.1, 0.15) is 143 Å². The van der Waals surface area contributed by atoms with E-state index in [1.165, 1.54) is 35.5 Å². The molecule has 0 aromatic carbocycles. The summed E-state index contributed by atoms with van der Waals surface area (Å²) in [7, 11) is -7.21. The van der Waals surface area contributed by atoms with Crippen LogP contribution in [0.25, 0.3) is 9.75 Å². The molecule has 2 aromatic rings. The summed E-state index contributed by atoms with van der Waals surface area (Å²) in [5.41, 5.74) is 0. The van der Waals surface area contributed by atoms with E-state index >= 15 is 4.57 Å². The Labute approximate surface area is 306 Å². The van der Waals surface area contributed by atoms with Crippen molar-refractivity contribution in [2.24, 2.45) is 0 Å². The Hall–Kier alpha value is 0.499. The van der Waals surface area contributed by atoms with Gasteiger partial charge in [-0.1, -0.05) is 0 Å². The molecule has 0 amide bonds. The molecule has 0 aliphatic carbocycles. The van der Waals surface area contributed by atoms with Crippen molar-refractivity contribution in [3.05, 3.63) is 17.0 Å². The van der Waals surface area contributed by atoms with Crippen molar-refractivity contribution >= 4 is 69.7 Å². The second kappa shape index (κ2) is 23.9. The third-order valence-electron chi connectivity index (χ3n) is 8.91. The Balaban J connectivity index is 2.94. The number of hydrogen-bond donors (Lipinski definition) is 0. The first-order valence-electron chi connectivity index (χ1n) is 19.2. The zero-order chi connectivity index (χ0) is 35.5. The molecule has 0 saturated heterocycles. The van der Waals surface area contributed by atoms with Gasteiger partial charge >= 0.3 is 309 Å². The van der Waals surface area contributed by atoms with E-state index in [0.717, 1.165) is 90.6 Å². The topological polar surface area (TPSA) is 71.1 Å². The van der Waals surface area contributed by atoms with Gasteiger partial charge in [0.25, 0.3) is 0 Å². The molecule has 0 N–H and O–H groups in total. The molecule has 278 valence electrons. The normalized spacial score (nSPS) is 12.8. The standard InChI is InChI=1S/C25H41O6P2S2.3C4H9.Sn/c1-6-10-14-28-32(26,29-15-11-7-2)22-19-24(34-20-22)25-23(18-21(5)35-25)33(27,30-16-12-8-3)31-17-13-9-4;3*1-3-4-2;/h18-19H,6-17H2,1-5H3;3*1,3-4H2,2H3;. The SMILES string of the molecule is CCCCOP(=O)(OCCCC)c1cc(C)sc1-c1cc(P(=O)(OCCCC)OCCCC)[c]([Sn]([CH2]CCC)([CH2]CCC)[CH2]CCC)s1. The van der Waals surface area contributed by atoms with Crippen LogP contribution in [0.4, 0.5) is 0 Å². The molecule has 0 spiro atoms. The molecule has 0 bridgehead atoms. The molecule has 0 aliphatic rings. The molecule has 2 aromatic heterocycles. The third-order valence-corrected chi connectivity index (χ3v) is 34.5. The minimum absolute atomic E-state index is 0.394. The van der Waals surface area contributed by atoms with Crippen LogP contribution in [0.5, 0.6) is 0 Å². The summed E-state index contributed by atoms with van der Waals surface area (Å²) in [6.45, 7) is 19.0. The van der Waals surface area contributed by atoms with Gasteiger partial charge in [-0.2, -0.15) is 0 Å². The predicted molar refractivity (Wildman–Crippen MR) is 215 cm³/mol. The molecule has 11 heteroatoms. The summed E-state index contributed by atoms with van der Waals surface area (Å²) in [6, 6.07) is 4.14. The average Bonchev–Trinajstić information content (AvgIpc) is 3.71. The van der Waals surface area contributed by atoms with E-state index in [1.54, 1.807) is 11.3 Å². The zero-order valence-corrected chi connectivity index (χ0v) is 37.9. The Morgan fingerprint density at radius 2 is 0.917 bits per heavy atom. The van der Waals surface area contributed by atoms with E-state index in [9.17, 15) is 4.57 Å². The third kappa shape index (κ3) is 13.2. The maximum absolute atomic E-state index is 15.2. The van der Waals surface area contributed by atoms with Gasteiger partial charge in [-0.3, -0.25) is 0 Å². The first-order valence-corrected chi connectivity index (χ1v) is 31.4. The Morgan fingerprint density at radius 1 is 0.542 bits per heavy atom. The molecule has 6 nitrogen and oxygen atoms in total. The second-order valence-electron chi connectivity index (χ2n) is 13.2. The van der Waals surface area contributed by atoms with Crippen molar-refractivity contribution in [1.82, 2.24) is 0 Å². The molecule has 0 radical (unpaired) electrons. The number of thiophene rings is 2. The Morgan fingerprint density at radius 3 is 1.29 bits per heavy atom. The van der Waals surface area contributed by atoms with Crippen molar-refractivity contribution in [3.63, 3.8) is 0 Å². The maximum atomic E-state index is 15.2. The van der Waals surface area contributed by atoms with Gasteiger partial charge in [0.1, 0.15) is 0 Å². The van der Waals surface area contributed by atoms with Crippen LogP contribution in [-0.4, -0.2) is 44.8 Å². The van der Waals surface area contributed by atoms with Crippen LogP contribution in [0.15, 0.2) is 12.1 Å². The Bertz CT molecular complexity index is 1210. The summed E-state index contributed by atoms with van der Waals surface area (Å²) >= 11 is 0.285. The van der Waals surface area contributed by atoms with E-state index in [-0.39, 0.29) is 0 Å². The van der Waals surface area contributed by atoms with Crippen LogP contribution in [0.2, 0.25) is 13.3 Å². The predicted octanol–water partition coefficient (Wildman–Crippen LogP) is 12.7. The summed E-state index contributed by atoms with van der Waals surface area (Å²) < 4.78 is 60.2. The van der Waals surface area contributed by atoms with E-state index in [0.29, 0.717) is 31.7 Å². The van der Waals surface area contributed by atoms with E-state index in [4.69, 9.17) is 18.1 Å². The molecule has 0 unspecified atom stereocenters. The van der Waals surface area contributed by atoms with Crippen LogP contribution in [-0.2, 0) is 27.2 Å². The zero-order valence-electron chi connectivity index (χ0n) is 31.7. The molecule has 0 fully saturated rings. The number of unbranched alkanes of at least 4 members (excludes halogenated alkanes) is 7.